The molecule has 182 valence electrons. The van der Waals surface area contributed by atoms with Crippen molar-refractivity contribution in [3.63, 3.8) is 0 Å². The highest BCUT2D eigenvalue weighted by atomic mass is 16.5. The predicted molar refractivity (Wildman–Crippen MR) is 133 cm³/mol. The first-order chi connectivity index (χ1) is 17.6. The molecule has 0 aliphatic carbocycles. The Bertz CT molecular complexity index is 1420. The zero-order valence-corrected chi connectivity index (χ0v) is 19.6. The Morgan fingerprint density at radius 2 is 1.92 bits per heavy atom. The molecule has 2 atom stereocenters. The zero-order valence-electron chi connectivity index (χ0n) is 19.6. The fourth-order valence-corrected chi connectivity index (χ4v) is 4.71. The lowest BCUT2D eigenvalue weighted by Gasteiger charge is -2.35. The molecule has 0 saturated heterocycles. The van der Waals surface area contributed by atoms with Crippen molar-refractivity contribution in [3.05, 3.63) is 84.5 Å². The molecule has 9 nitrogen and oxygen atoms in total. The number of amides is 2. The van der Waals surface area contributed by atoms with Crippen LogP contribution in [0.4, 0.5) is 5.69 Å². The Balaban J connectivity index is 1.31. The van der Waals surface area contributed by atoms with Crippen LogP contribution in [0.25, 0.3) is 11.0 Å². The number of hydrazone groups is 1. The van der Waals surface area contributed by atoms with Crippen LogP contribution in [-0.4, -0.2) is 48.8 Å². The van der Waals surface area contributed by atoms with E-state index in [0.29, 0.717) is 29.4 Å². The molecular weight excluding hydrogens is 460 g/mol. The van der Waals surface area contributed by atoms with E-state index < -0.39 is 12.1 Å². The number of nitrogens with one attached hydrogen (secondary N) is 1. The molecular formula is C27H24N4O5. The van der Waals surface area contributed by atoms with Gasteiger partial charge in [-0.05, 0) is 36.4 Å². The molecule has 36 heavy (non-hydrogen) atoms. The molecule has 2 aromatic heterocycles. The Hall–Kier alpha value is -4.53. The molecule has 0 saturated carbocycles. The van der Waals surface area contributed by atoms with E-state index in [0.717, 1.165) is 16.7 Å². The van der Waals surface area contributed by atoms with Gasteiger partial charge in [0.15, 0.2) is 11.9 Å². The van der Waals surface area contributed by atoms with Crippen molar-refractivity contribution in [2.24, 2.45) is 5.10 Å². The molecule has 6 rings (SSSR count). The van der Waals surface area contributed by atoms with Crippen molar-refractivity contribution in [2.75, 3.05) is 25.0 Å². The van der Waals surface area contributed by atoms with Crippen molar-refractivity contribution in [1.29, 1.82) is 0 Å². The Kier molecular flexibility index (Phi) is 5.44. The normalized spacial score (nSPS) is 19.1. The second-order valence-electron chi connectivity index (χ2n) is 8.74. The fourth-order valence-electron chi connectivity index (χ4n) is 4.71. The van der Waals surface area contributed by atoms with Crippen molar-refractivity contribution in [3.8, 4) is 5.75 Å². The summed E-state index contributed by atoms with van der Waals surface area (Å²) in [6, 6.07) is 20.3. The number of para-hydroxylation sites is 3. The van der Waals surface area contributed by atoms with Gasteiger partial charge in [-0.25, -0.2) is 5.01 Å². The second kappa shape index (κ2) is 8.92. The van der Waals surface area contributed by atoms with Gasteiger partial charge in [-0.2, -0.15) is 5.10 Å². The van der Waals surface area contributed by atoms with Crippen molar-refractivity contribution < 1.29 is 23.2 Å². The minimum absolute atomic E-state index is 0.0159. The number of carbonyl (C=O) groups excluding carboxylic acids is 2. The molecule has 2 amide bonds. The molecule has 0 fully saturated rings. The van der Waals surface area contributed by atoms with E-state index >= 15 is 0 Å². The van der Waals surface area contributed by atoms with E-state index in [1.165, 1.54) is 5.01 Å². The van der Waals surface area contributed by atoms with Crippen molar-refractivity contribution in [1.82, 2.24) is 10.3 Å². The number of hydrogen-bond acceptors (Lipinski definition) is 7. The number of hydrogen-bond donors (Lipinski definition) is 1. The van der Waals surface area contributed by atoms with E-state index in [9.17, 15) is 9.59 Å². The highest BCUT2D eigenvalue weighted by Gasteiger charge is 2.38. The predicted octanol–water partition coefficient (Wildman–Crippen LogP) is 3.72. The summed E-state index contributed by atoms with van der Waals surface area (Å²) in [5.74, 6) is 1.35. The average molecular weight is 485 g/mol. The summed E-state index contributed by atoms with van der Waals surface area (Å²) in [7, 11) is 1.56. The molecule has 1 N–H and O–H groups in total. The number of anilines is 1. The van der Waals surface area contributed by atoms with Gasteiger partial charge in [-0.15, -0.1) is 0 Å². The van der Waals surface area contributed by atoms with Crippen LogP contribution in [0.15, 0.2) is 86.9 Å². The Labute approximate surface area is 206 Å². The van der Waals surface area contributed by atoms with Gasteiger partial charge in [0.05, 0.1) is 25.0 Å². The number of fused-ring (bicyclic) bond motifs is 2. The minimum atomic E-state index is -0.730. The minimum Gasteiger partial charge on any atom is -0.477 e. The van der Waals surface area contributed by atoms with Gasteiger partial charge < -0.3 is 23.8 Å². The third-order valence-corrected chi connectivity index (χ3v) is 6.47. The summed E-state index contributed by atoms with van der Waals surface area (Å²) in [5.41, 5.74) is 2.19. The molecule has 0 bridgehead atoms. The van der Waals surface area contributed by atoms with Gasteiger partial charge in [-0.3, -0.25) is 9.59 Å². The fraction of sp³-hybridized carbons (Fsp3) is 0.222. The van der Waals surface area contributed by atoms with Crippen LogP contribution in [0.5, 0.6) is 5.75 Å². The smallest absolute Gasteiger partial charge is 0.262 e. The highest BCUT2D eigenvalue weighted by molar-refractivity contribution is 6.04. The summed E-state index contributed by atoms with van der Waals surface area (Å²) in [5, 5.41) is 9.76. The number of nitrogens with zero attached hydrogens (tertiary/aromatic N) is 3. The van der Waals surface area contributed by atoms with E-state index in [-0.39, 0.29) is 24.9 Å². The van der Waals surface area contributed by atoms with Crippen LogP contribution < -0.4 is 15.0 Å². The Morgan fingerprint density at radius 1 is 1.08 bits per heavy atom. The van der Waals surface area contributed by atoms with E-state index in [4.69, 9.17) is 18.7 Å². The largest absolute Gasteiger partial charge is 0.477 e. The molecule has 0 spiro atoms. The van der Waals surface area contributed by atoms with Crippen molar-refractivity contribution >= 4 is 34.2 Å². The second-order valence-corrected chi connectivity index (χ2v) is 8.74. The number of ether oxygens (including phenoxy) is 1. The molecule has 2 aliphatic heterocycles. The van der Waals surface area contributed by atoms with Gasteiger partial charge in [0.1, 0.15) is 28.8 Å². The summed E-state index contributed by atoms with van der Waals surface area (Å²) >= 11 is 0. The van der Waals surface area contributed by atoms with E-state index in [2.05, 4.69) is 5.32 Å². The first-order valence-electron chi connectivity index (χ1n) is 11.7. The summed E-state index contributed by atoms with van der Waals surface area (Å²) < 4.78 is 17.6. The lowest BCUT2D eigenvalue weighted by molar-refractivity contribution is -0.132. The maximum absolute atomic E-state index is 13.7. The molecule has 2 aliphatic rings. The zero-order chi connectivity index (χ0) is 24.6. The third-order valence-electron chi connectivity index (χ3n) is 6.47. The van der Waals surface area contributed by atoms with E-state index in [1.54, 1.807) is 25.4 Å². The summed E-state index contributed by atoms with van der Waals surface area (Å²) in [4.78, 5) is 27.9. The average Bonchev–Trinajstić information content (AvgIpc) is 3.67. The van der Waals surface area contributed by atoms with Crippen LogP contribution in [0.1, 0.15) is 24.0 Å². The van der Waals surface area contributed by atoms with Crippen molar-refractivity contribution in [2.45, 2.75) is 18.6 Å². The number of furan rings is 2. The number of carbonyl (C=O) groups is 2. The highest BCUT2D eigenvalue weighted by Crippen LogP contribution is 2.36. The number of benzene rings is 2. The first kappa shape index (κ1) is 22.0. The number of likely N-dealkylation sites (N-methyl/N-ethyl adjacent to an activating group) is 1. The lowest BCUT2D eigenvalue weighted by atomic mass is 10.1. The van der Waals surface area contributed by atoms with E-state index in [1.807, 2.05) is 59.5 Å². The van der Waals surface area contributed by atoms with Crippen LogP contribution >= 0.6 is 0 Å². The quantitative estimate of drug-likeness (QED) is 0.464. The molecule has 0 unspecified atom stereocenters. The molecule has 2 aromatic carbocycles. The lowest BCUT2D eigenvalue weighted by Crippen LogP contribution is -2.50. The summed E-state index contributed by atoms with van der Waals surface area (Å²) in [6.07, 6.45) is 1.31. The molecule has 4 aromatic rings. The van der Waals surface area contributed by atoms with Crippen LogP contribution in [-0.2, 0) is 9.59 Å². The standard InChI is InChI=1S/C27H24N4O5/c1-28-27(33)25-15-30(19-8-3-5-10-23(19)36-25)16-26(32)31-20(22-11-6-12-34-22)14-18(29-31)24-13-17-7-2-4-9-21(17)35-24/h2-13,20,25H,14-16H2,1H3,(H,28,33)/t20-,25-/m0/s1. The third kappa shape index (κ3) is 3.88. The van der Waals surface area contributed by atoms with Gasteiger partial charge in [0.2, 0.25) is 0 Å². The monoisotopic (exact) mass is 484 g/mol. The first-order valence-corrected chi connectivity index (χ1v) is 11.7. The van der Waals surface area contributed by atoms with Crippen LogP contribution in [0.3, 0.4) is 0 Å². The molecule has 4 heterocycles. The van der Waals surface area contributed by atoms with Gasteiger partial charge in [0, 0.05) is 18.9 Å². The Morgan fingerprint density at radius 3 is 2.72 bits per heavy atom. The molecule has 0 radical (unpaired) electrons. The maximum atomic E-state index is 13.7. The van der Waals surface area contributed by atoms with Gasteiger partial charge in [0.25, 0.3) is 11.8 Å². The van der Waals surface area contributed by atoms with Crippen LogP contribution in [0, 0.1) is 0 Å². The van der Waals surface area contributed by atoms with Gasteiger partial charge >= 0.3 is 0 Å². The van der Waals surface area contributed by atoms with Crippen LogP contribution in [0.2, 0.25) is 0 Å². The molecule has 9 heteroatoms. The number of rotatable bonds is 5. The maximum Gasteiger partial charge on any atom is 0.262 e. The van der Waals surface area contributed by atoms with Gasteiger partial charge in [-0.1, -0.05) is 30.3 Å². The summed E-state index contributed by atoms with van der Waals surface area (Å²) in [6.45, 7) is 0.254. The topological polar surface area (TPSA) is 101 Å². The SMILES string of the molecule is CNC(=O)[C@@H]1CN(CC(=O)N2N=C(c3cc4ccccc4o3)C[C@H]2c2ccco2)c2ccccc2O1.